The van der Waals surface area contributed by atoms with E-state index < -0.39 is 30.3 Å². The zero-order valence-corrected chi connectivity index (χ0v) is 18.6. The molecule has 4 rings (SSSR count). The van der Waals surface area contributed by atoms with Crippen LogP contribution < -0.4 is 10.2 Å². The van der Waals surface area contributed by atoms with Crippen molar-refractivity contribution in [3.63, 3.8) is 0 Å². The lowest BCUT2D eigenvalue weighted by molar-refractivity contribution is -0.119. The van der Waals surface area contributed by atoms with Gasteiger partial charge in [-0.2, -0.15) is 0 Å². The first-order chi connectivity index (χ1) is 15.8. The highest BCUT2D eigenvalue weighted by atomic mass is 35.5. The molecule has 3 aromatic rings. The van der Waals surface area contributed by atoms with Gasteiger partial charge in [-0.15, -0.1) is 0 Å². The Hall–Kier alpha value is -3.75. The molecular weight excluding hydrogens is 469 g/mol. The molecule has 10 heteroatoms. The van der Waals surface area contributed by atoms with Gasteiger partial charge in [0.2, 0.25) is 0 Å². The number of nitrogens with zero attached hydrogens (tertiary/aromatic N) is 2. The number of ether oxygens (including phenoxy) is 1. The zero-order chi connectivity index (χ0) is 23.7. The molecule has 0 fully saturated rings. The van der Waals surface area contributed by atoms with Crippen molar-refractivity contribution in [1.29, 1.82) is 0 Å². The summed E-state index contributed by atoms with van der Waals surface area (Å²) in [6.07, 6.45) is 0. The molecule has 2 aromatic carbocycles. The van der Waals surface area contributed by atoms with Crippen molar-refractivity contribution in [3.05, 3.63) is 87.0 Å². The van der Waals surface area contributed by atoms with Crippen molar-refractivity contribution >= 4 is 58.4 Å². The minimum absolute atomic E-state index is 0.102. The lowest BCUT2D eigenvalue weighted by Gasteiger charge is -2.14. The number of rotatable bonds is 5. The highest BCUT2D eigenvalue weighted by Gasteiger charge is 2.36. The van der Waals surface area contributed by atoms with Crippen LogP contribution in [0.1, 0.15) is 36.8 Å². The number of anilines is 2. The molecule has 0 atom stereocenters. The van der Waals surface area contributed by atoms with Crippen LogP contribution >= 0.6 is 23.2 Å². The summed E-state index contributed by atoms with van der Waals surface area (Å²) < 4.78 is 5.02. The van der Waals surface area contributed by atoms with Crippen molar-refractivity contribution in [3.8, 4) is 0 Å². The molecule has 1 aliphatic rings. The average molecular weight is 484 g/mol. The SMILES string of the molecule is Cc1nc(NC(=O)COC(=O)c2ccc(N3C(=O)c4ccccc4C3=O)cc2)c(Cl)cc1Cl. The molecule has 2 heterocycles. The number of hydrogen-bond donors (Lipinski definition) is 1. The summed E-state index contributed by atoms with van der Waals surface area (Å²) in [6.45, 7) is 1.08. The number of aryl methyl sites for hydroxylation is 1. The predicted molar refractivity (Wildman–Crippen MR) is 122 cm³/mol. The number of hydrogen-bond acceptors (Lipinski definition) is 6. The normalized spacial score (nSPS) is 12.5. The first-order valence-corrected chi connectivity index (χ1v) is 10.4. The molecule has 1 aliphatic heterocycles. The first kappa shape index (κ1) is 22.4. The van der Waals surface area contributed by atoms with Crippen LogP contribution in [0, 0.1) is 6.92 Å². The van der Waals surface area contributed by atoms with Crippen LogP contribution in [0.25, 0.3) is 0 Å². The number of esters is 1. The van der Waals surface area contributed by atoms with Crippen LogP contribution in [0.4, 0.5) is 11.5 Å². The summed E-state index contributed by atoms with van der Waals surface area (Å²) in [5.74, 6) is -2.17. The fourth-order valence-electron chi connectivity index (χ4n) is 3.20. The number of amides is 3. The fourth-order valence-corrected chi connectivity index (χ4v) is 3.60. The number of carbonyl (C=O) groups is 4. The average Bonchev–Trinajstić information content (AvgIpc) is 3.06. The number of pyridine rings is 1. The van der Waals surface area contributed by atoms with Gasteiger partial charge in [0.25, 0.3) is 17.7 Å². The largest absolute Gasteiger partial charge is 0.452 e. The molecule has 0 saturated carbocycles. The van der Waals surface area contributed by atoms with E-state index in [0.29, 0.717) is 27.5 Å². The van der Waals surface area contributed by atoms with Crippen LogP contribution in [-0.2, 0) is 9.53 Å². The van der Waals surface area contributed by atoms with Gasteiger partial charge in [-0.05, 0) is 49.4 Å². The summed E-state index contributed by atoms with van der Waals surface area (Å²) in [6, 6.07) is 13.7. The van der Waals surface area contributed by atoms with Crippen molar-refractivity contribution in [2.45, 2.75) is 6.92 Å². The quantitative estimate of drug-likeness (QED) is 0.428. The van der Waals surface area contributed by atoms with Crippen LogP contribution in [0.15, 0.2) is 54.6 Å². The van der Waals surface area contributed by atoms with E-state index in [1.807, 2.05) is 0 Å². The number of benzene rings is 2. The third-order valence-electron chi connectivity index (χ3n) is 4.85. The lowest BCUT2D eigenvalue weighted by Crippen LogP contribution is -2.29. The molecule has 1 N–H and O–H groups in total. The van der Waals surface area contributed by atoms with E-state index in [1.165, 1.54) is 30.3 Å². The molecule has 33 heavy (non-hydrogen) atoms. The van der Waals surface area contributed by atoms with Crippen LogP contribution in [0.2, 0.25) is 10.0 Å². The monoisotopic (exact) mass is 483 g/mol. The van der Waals surface area contributed by atoms with E-state index in [4.69, 9.17) is 27.9 Å². The van der Waals surface area contributed by atoms with Crippen LogP contribution in [0.5, 0.6) is 0 Å². The molecule has 8 nitrogen and oxygen atoms in total. The third-order valence-corrected chi connectivity index (χ3v) is 5.52. The van der Waals surface area contributed by atoms with Gasteiger partial charge in [-0.1, -0.05) is 35.3 Å². The fraction of sp³-hybridized carbons (Fsp3) is 0.0870. The molecule has 0 aliphatic carbocycles. The maximum Gasteiger partial charge on any atom is 0.338 e. The molecule has 0 spiro atoms. The number of fused-ring (bicyclic) bond motifs is 1. The van der Waals surface area contributed by atoms with Gasteiger partial charge in [-0.3, -0.25) is 14.4 Å². The standard InChI is InChI=1S/C23H15Cl2N3O5/c1-12-17(24)10-18(25)20(26-12)27-19(29)11-33-23(32)13-6-8-14(9-7-13)28-21(30)15-4-2-3-5-16(15)22(28)31/h2-10H,11H2,1H3,(H,26,27,29). The van der Waals surface area contributed by atoms with Crippen molar-refractivity contribution in [2.24, 2.45) is 0 Å². The van der Waals surface area contributed by atoms with E-state index in [9.17, 15) is 19.2 Å². The summed E-state index contributed by atoms with van der Waals surface area (Å²) in [4.78, 5) is 54.6. The van der Waals surface area contributed by atoms with Gasteiger partial charge in [0, 0.05) is 0 Å². The number of imide groups is 1. The second kappa shape index (κ2) is 9.01. The van der Waals surface area contributed by atoms with E-state index >= 15 is 0 Å². The number of aromatic nitrogens is 1. The Labute approximate surface area is 198 Å². The number of halogens is 2. The van der Waals surface area contributed by atoms with Gasteiger partial charge in [0.05, 0.1) is 38.1 Å². The minimum atomic E-state index is -0.759. The second-order valence-electron chi connectivity index (χ2n) is 7.05. The summed E-state index contributed by atoms with van der Waals surface area (Å²) >= 11 is 11.9. The highest BCUT2D eigenvalue weighted by Crippen LogP contribution is 2.28. The van der Waals surface area contributed by atoms with Gasteiger partial charge < -0.3 is 10.1 Å². The summed E-state index contributed by atoms with van der Waals surface area (Å²) in [7, 11) is 0. The zero-order valence-electron chi connectivity index (χ0n) is 17.1. The smallest absolute Gasteiger partial charge is 0.338 e. The first-order valence-electron chi connectivity index (χ1n) is 9.63. The van der Waals surface area contributed by atoms with Crippen LogP contribution in [-0.4, -0.2) is 35.3 Å². The Morgan fingerprint density at radius 1 is 0.970 bits per heavy atom. The highest BCUT2D eigenvalue weighted by molar-refractivity contribution is 6.36. The van der Waals surface area contributed by atoms with Crippen molar-refractivity contribution in [2.75, 3.05) is 16.8 Å². The Kier molecular flexibility index (Phi) is 6.13. The van der Waals surface area contributed by atoms with Crippen molar-refractivity contribution in [1.82, 2.24) is 4.98 Å². The van der Waals surface area contributed by atoms with Gasteiger partial charge in [0.15, 0.2) is 12.4 Å². The Balaban J connectivity index is 1.38. The summed E-state index contributed by atoms with van der Waals surface area (Å²) in [5.41, 5.74) is 1.58. The minimum Gasteiger partial charge on any atom is -0.452 e. The van der Waals surface area contributed by atoms with E-state index in [-0.39, 0.29) is 16.4 Å². The van der Waals surface area contributed by atoms with Crippen molar-refractivity contribution < 1.29 is 23.9 Å². The predicted octanol–water partition coefficient (Wildman–Crippen LogP) is 4.29. The van der Waals surface area contributed by atoms with E-state index in [1.54, 1.807) is 31.2 Å². The maximum atomic E-state index is 12.6. The van der Waals surface area contributed by atoms with E-state index in [2.05, 4.69) is 10.3 Å². The molecule has 0 bridgehead atoms. The number of carbonyl (C=O) groups excluding carboxylic acids is 4. The maximum absolute atomic E-state index is 12.6. The molecule has 3 amide bonds. The Morgan fingerprint density at radius 2 is 1.58 bits per heavy atom. The molecule has 0 unspecified atom stereocenters. The Bertz CT molecular complexity index is 1270. The topological polar surface area (TPSA) is 106 Å². The van der Waals surface area contributed by atoms with Gasteiger partial charge in [0.1, 0.15) is 0 Å². The number of nitrogens with one attached hydrogen (secondary N) is 1. The lowest BCUT2D eigenvalue weighted by atomic mass is 10.1. The molecule has 0 radical (unpaired) electrons. The molecular formula is C23H15Cl2N3O5. The molecule has 0 saturated heterocycles. The molecule has 166 valence electrons. The third kappa shape index (κ3) is 4.44. The molecule has 1 aromatic heterocycles. The van der Waals surface area contributed by atoms with Crippen LogP contribution in [0.3, 0.4) is 0 Å². The second-order valence-corrected chi connectivity index (χ2v) is 7.86. The Morgan fingerprint density at radius 3 is 2.18 bits per heavy atom. The summed E-state index contributed by atoms with van der Waals surface area (Å²) in [5, 5.41) is 2.95. The van der Waals surface area contributed by atoms with E-state index in [0.717, 1.165) is 4.90 Å². The van der Waals surface area contributed by atoms with Gasteiger partial charge in [-0.25, -0.2) is 14.7 Å². The van der Waals surface area contributed by atoms with Gasteiger partial charge >= 0.3 is 5.97 Å².